The van der Waals surface area contributed by atoms with Crippen molar-refractivity contribution in [1.29, 1.82) is 0 Å². The van der Waals surface area contributed by atoms with E-state index in [1.807, 2.05) is 0 Å². The van der Waals surface area contributed by atoms with Crippen LogP contribution in [0.4, 0.5) is 8.78 Å². The fraction of sp³-hybridized carbons (Fsp3) is 0.800. The summed E-state index contributed by atoms with van der Waals surface area (Å²) in [5.74, 6) is -5.56. The first kappa shape index (κ1) is 9.29. The fourth-order valence-electron chi connectivity index (χ4n) is 0.188. The number of alkyl halides is 2. The molecule has 0 amide bonds. The van der Waals surface area contributed by atoms with Gasteiger partial charge in [-0.25, -0.2) is 13.6 Å². The number of hydrogen-bond donors (Lipinski definition) is 2. The predicted molar refractivity (Wildman–Crippen MR) is 28.9 cm³/mol. The summed E-state index contributed by atoms with van der Waals surface area (Å²) >= 11 is 0. The molecular formula is C5H8F2O3. The Balaban J connectivity index is 4.57. The largest absolute Gasteiger partial charge is 0.479 e. The second-order valence-electron chi connectivity index (χ2n) is 2.27. The van der Waals surface area contributed by atoms with E-state index in [0.717, 1.165) is 0 Å². The lowest BCUT2D eigenvalue weighted by Gasteiger charge is -2.24. The minimum absolute atomic E-state index is 0.348. The minimum Gasteiger partial charge on any atom is -0.479 e. The molecule has 10 heavy (non-hydrogen) atoms. The molecule has 1 atom stereocenters. The molecule has 0 fully saturated rings. The van der Waals surface area contributed by atoms with Crippen molar-refractivity contribution in [2.75, 3.05) is 0 Å². The van der Waals surface area contributed by atoms with Gasteiger partial charge in [-0.2, -0.15) is 0 Å². The van der Waals surface area contributed by atoms with Crippen LogP contribution in [0.5, 0.6) is 0 Å². The van der Waals surface area contributed by atoms with Gasteiger partial charge in [-0.15, -0.1) is 0 Å². The second kappa shape index (κ2) is 2.16. The van der Waals surface area contributed by atoms with Gasteiger partial charge >= 0.3 is 5.97 Å². The van der Waals surface area contributed by atoms with E-state index in [2.05, 4.69) is 0 Å². The van der Waals surface area contributed by atoms with Crippen molar-refractivity contribution in [3.8, 4) is 0 Å². The van der Waals surface area contributed by atoms with Crippen LogP contribution < -0.4 is 0 Å². The Bertz CT molecular complexity index is 147. The molecule has 0 saturated carbocycles. The van der Waals surface area contributed by atoms with Crippen LogP contribution >= 0.6 is 0 Å². The van der Waals surface area contributed by atoms with Crippen LogP contribution in [0, 0.1) is 0 Å². The fourth-order valence-corrected chi connectivity index (χ4v) is 0.188. The van der Waals surface area contributed by atoms with Gasteiger partial charge < -0.3 is 10.2 Å². The van der Waals surface area contributed by atoms with Gasteiger partial charge in [-0.05, 0) is 6.92 Å². The van der Waals surface area contributed by atoms with Crippen molar-refractivity contribution in [3.05, 3.63) is 0 Å². The third-order valence-electron chi connectivity index (χ3n) is 1.27. The molecule has 0 bridgehead atoms. The Hall–Kier alpha value is -0.710. The third-order valence-corrected chi connectivity index (χ3v) is 1.27. The van der Waals surface area contributed by atoms with Crippen molar-refractivity contribution in [2.24, 2.45) is 0 Å². The number of carboxylic acids is 1. The summed E-state index contributed by atoms with van der Waals surface area (Å²) in [6.07, 6.45) is 0. The molecule has 0 aliphatic carbocycles. The first-order chi connectivity index (χ1) is 4.19. The van der Waals surface area contributed by atoms with Gasteiger partial charge in [0.15, 0.2) is 0 Å². The summed E-state index contributed by atoms with van der Waals surface area (Å²) in [5.41, 5.74) is -2.98. The van der Waals surface area contributed by atoms with Crippen LogP contribution in [-0.2, 0) is 4.79 Å². The van der Waals surface area contributed by atoms with Gasteiger partial charge in [0.05, 0.1) is 0 Å². The van der Waals surface area contributed by atoms with Crippen LogP contribution in [0.2, 0.25) is 0 Å². The molecule has 5 heteroatoms. The van der Waals surface area contributed by atoms with E-state index in [4.69, 9.17) is 10.2 Å². The first-order valence-corrected chi connectivity index (χ1v) is 2.53. The Kier molecular flexibility index (Phi) is 2.00. The molecule has 60 valence electrons. The molecule has 0 aromatic rings. The van der Waals surface area contributed by atoms with Crippen molar-refractivity contribution >= 4 is 5.97 Å². The van der Waals surface area contributed by atoms with E-state index < -0.39 is 17.5 Å². The molecule has 0 heterocycles. The second-order valence-corrected chi connectivity index (χ2v) is 2.27. The van der Waals surface area contributed by atoms with E-state index in [0.29, 0.717) is 13.8 Å². The number of rotatable bonds is 2. The Morgan fingerprint density at radius 3 is 1.70 bits per heavy atom. The van der Waals surface area contributed by atoms with Crippen LogP contribution in [0.25, 0.3) is 0 Å². The number of halogens is 2. The van der Waals surface area contributed by atoms with E-state index in [-0.39, 0.29) is 0 Å². The van der Waals surface area contributed by atoms with Crippen LogP contribution in [0.1, 0.15) is 13.8 Å². The monoisotopic (exact) mass is 154 g/mol. The molecule has 0 aliphatic rings. The Labute approximate surface area is 56.3 Å². The van der Waals surface area contributed by atoms with Crippen molar-refractivity contribution in [2.45, 2.75) is 25.4 Å². The molecule has 0 radical (unpaired) electrons. The highest BCUT2D eigenvalue weighted by molar-refractivity contribution is 5.77. The maximum absolute atomic E-state index is 12.1. The molecule has 2 N–H and O–H groups in total. The highest BCUT2D eigenvalue weighted by atomic mass is 19.3. The lowest BCUT2D eigenvalue weighted by molar-refractivity contribution is -0.195. The number of hydrogen-bond acceptors (Lipinski definition) is 2. The topological polar surface area (TPSA) is 57.5 Å². The summed E-state index contributed by atoms with van der Waals surface area (Å²) < 4.78 is 24.2. The number of carbonyl (C=O) groups is 1. The van der Waals surface area contributed by atoms with Gasteiger partial charge in [-0.1, -0.05) is 0 Å². The summed E-state index contributed by atoms with van der Waals surface area (Å²) in [6, 6.07) is 0. The normalized spacial score (nSPS) is 18.1. The zero-order valence-corrected chi connectivity index (χ0v) is 5.56. The Morgan fingerprint density at radius 1 is 1.40 bits per heavy atom. The first-order valence-electron chi connectivity index (χ1n) is 2.53. The van der Waals surface area contributed by atoms with Crippen LogP contribution in [0.15, 0.2) is 0 Å². The quantitative estimate of drug-likeness (QED) is 0.608. The molecule has 0 aromatic heterocycles. The molecule has 0 aromatic carbocycles. The smallest absolute Gasteiger partial charge is 0.341 e. The van der Waals surface area contributed by atoms with E-state index in [9.17, 15) is 13.6 Å². The molecule has 0 rings (SSSR count). The highest BCUT2D eigenvalue weighted by Gasteiger charge is 2.51. The zero-order chi connectivity index (χ0) is 8.58. The van der Waals surface area contributed by atoms with Crippen molar-refractivity contribution < 1.29 is 23.8 Å². The molecular weight excluding hydrogens is 146 g/mol. The van der Waals surface area contributed by atoms with E-state index >= 15 is 0 Å². The van der Waals surface area contributed by atoms with Crippen molar-refractivity contribution in [1.82, 2.24) is 0 Å². The maximum atomic E-state index is 12.1. The Morgan fingerprint density at radius 2 is 1.70 bits per heavy atom. The maximum Gasteiger partial charge on any atom is 0.341 e. The molecule has 0 spiro atoms. The molecule has 0 unspecified atom stereocenters. The highest BCUT2D eigenvalue weighted by Crippen LogP contribution is 2.27. The molecule has 0 saturated heterocycles. The van der Waals surface area contributed by atoms with Crippen LogP contribution in [-0.4, -0.2) is 27.7 Å². The number of aliphatic carboxylic acids is 1. The van der Waals surface area contributed by atoms with Gasteiger partial charge in [0.25, 0.3) is 5.92 Å². The number of carboxylic acid groups (broad SMARTS) is 1. The predicted octanol–water partition coefficient (Wildman–Crippen LogP) is 0.477. The average Bonchev–Trinajstić information content (AvgIpc) is 1.62. The average molecular weight is 154 g/mol. The minimum atomic E-state index is -3.63. The van der Waals surface area contributed by atoms with Gasteiger partial charge in [0.2, 0.25) is 5.60 Å². The third kappa shape index (κ3) is 1.41. The zero-order valence-electron chi connectivity index (χ0n) is 5.56. The number of aliphatic hydroxyl groups is 1. The van der Waals surface area contributed by atoms with Gasteiger partial charge in [0.1, 0.15) is 0 Å². The van der Waals surface area contributed by atoms with Gasteiger partial charge in [-0.3, -0.25) is 0 Å². The van der Waals surface area contributed by atoms with Gasteiger partial charge in [0, 0.05) is 6.92 Å². The summed E-state index contributed by atoms with van der Waals surface area (Å²) in [4.78, 5) is 9.94. The van der Waals surface area contributed by atoms with Crippen molar-refractivity contribution in [3.63, 3.8) is 0 Å². The van der Waals surface area contributed by atoms with E-state index in [1.165, 1.54) is 0 Å². The lowest BCUT2D eigenvalue weighted by atomic mass is 10.0. The van der Waals surface area contributed by atoms with E-state index in [1.54, 1.807) is 0 Å². The molecule has 3 nitrogen and oxygen atoms in total. The summed E-state index contributed by atoms with van der Waals surface area (Å²) in [6.45, 7) is 0.899. The SMILES string of the molecule is CC(F)(F)[C@](C)(O)C(=O)O. The van der Waals surface area contributed by atoms with Crippen LogP contribution in [0.3, 0.4) is 0 Å². The summed E-state index contributed by atoms with van der Waals surface area (Å²) in [5, 5.41) is 16.6. The standard InChI is InChI=1S/C5H8F2O3/c1-4(10,3(8)9)5(2,6)7/h10H,1-2H3,(H,8,9)/t4-/m1/s1. The lowest BCUT2D eigenvalue weighted by Crippen LogP contribution is -2.50. The molecule has 0 aliphatic heterocycles. The summed E-state index contributed by atoms with van der Waals surface area (Å²) in [7, 11) is 0.